The lowest BCUT2D eigenvalue weighted by Crippen LogP contribution is -2.13. The first-order valence-corrected chi connectivity index (χ1v) is 4.41. The van der Waals surface area contributed by atoms with Crippen LogP contribution in [0.4, 0.5) is 8.78 Å². The third-order valence-electron chi connectivity index (χ3n) is 1.52. The third kappa shape index (κ3) is 2.70. The fraction of sp³-hybridized carbons (Fsp3) is 0.125. The Morgan fingerprint density at radius 3 is 2.47 bits per heavy atom. The van der Waals surface area contributed by atoms with E-state index in [1.807, 2.05) is 0 Å². The van der Waals surface area contributed by atoms with Gasteiger partial charge in [-0.25, -0.2) is 0 Å². The van der Waals surface area contributed by atoms with Crippen LogP contribution in [-0.2, 0) is 0 Å². The molecule has 0 aliphatic rings. The van der Waals surface area contributed by atoms with Gasteiger partial charge in [0, 0.05) is 0 Å². The lowest BCUT2D eigenvalue weighted by molar-refractivity contribution is -0.0498. The molecule has 0 aliphatic heterocycles. The summed E-state index contributed by atoms with van der Waals surface area (Å²) in [5.74, 6) is -1.26. The molecule has 0 saturated carbocycles. The summed E-state index contributed by atoms with van der Waals surface area (Å²) < 4.78 is 27.9. The highest BCUT2D eigenvalue weighted by molar-refractivity contribution is 6.40. The van der Waals surface area contributed by atoms with Crippen molar-refractivity contribution < 1.29 is 18.3 Å². The Hall–Kier alpha value is -1.07. The topological polar surface area (TPSA) is 52.3 Å². The third-order valence-corrected chi connectivity index (χ3v) is 2.21. The Bertz CT molecular complexity index is 398. The number of benzene rings is 1. The molecular weight excluding hydrogens is 251 g/mol. The Morgan fingerprint density at radius 1 is 1.40 bits per heavy atom. The first-order valence-electron chi connectivity index (χ1n) is 3.66. The molecule has 2 N–H and O–H groups in total. The fourth-order valence-electron chi connectivity index (χ4n) is 0.946. The van der Waals surface area contributed by atoms with Crippen molar-refractivity contribution >= 4 is 29.1 Å². The Labute approximate surface area is 93.7 Å². The van der Waals surface area contributed by atoms with Crippen molar-refractivity contribution in [3.05, 3.63) is 27.7 Å². The molecule has 0 bridgehead atoms. The van der Waals surface area contributed by atoms with Crippen LogP contribution in [0.25, 0.3) is 0 Å². The zero-order chi connectivity index (χ0) is 11.6. The summed E-state index contributed by atoms with van der Waals surface area (Å²) in [4.78, 5) is 10.9. The van der Waals surface area contributed by atoms with E-state index in [0.717, 1.165) is 6.07 Å². The van der Waals surface area contributed by atoms with E-state index in [2.05, 4.69) is 4.74 Å². The van der Waals surface area contributed by atoms with Crippen LogP contribution in [0.2, 0.25) is 10.0 Å². The summed E-state index contributed by atoms with van der Waals surface area (Å²) in [6.45, 7) is -3.04. The van der Waals surface area contributed by atoms with Gasteiger partial charge in [0.1, 0.15) is 5.75 Å². The molecule has 1 aromatic carbocycles. The quantitative estimate of drug-likeness (QED) is 0.903. The van der Waals surface area contributed by atoms with Gasteiger partial charge in [-0.2, -0.15) is 8.78 Å². The molecular formula is C8H5Cl2F2NO2. The summed E-state index contributed by atoms with van der Waals surface area (Å²) in [6, 6.07) is 2.33. The van der Waals surface area contributed by atoms with Gasteiger partial charge in [0.25, 0.3) is 5.91 Å². The van der Waals surface area contributed by atoms with Crippen molar-refractivity contribution in [3.8, 4) is 5.75 Å². The number of halogens is 4. The molecule has 1 aromatic rings. The van der Waals surface area contributed by atoms with Gasteiger partial charge in [0.05, 0.1) is 15.6 Å². The van der Waals surface area contributed by atoms with Crippen LogP contribution >= 0.6 is 23.2 Å². The maximum absolute atomic E-state index is 11.9. The minimum absolute atomic E-state index is 0.0193. The van der Waals surface area contributed by atoms with E-state index >= 15 is 0 Å². The second kappa shape index (κ2) is 4.63. The predicted octanol–water partition coefficient (Wildman–Crippen LogP) is 2.69. The molecule has 15 heavy (non-hydrogen) atoms. The number of ether oxygens (including phenoxy) is 1. The second-order valence-electron chi connectivity index (χ2n) is 2.48. The van der Waals surface area contributed by atoms with Gasteiger partial charge >= 0.3 is 6.61 Å². The van der Waals surface area contributed by atoms with Crippen molar-refractivity contribution in [2.45, 2.75) is 6.61 Å². The number of alkyl halides is 2. The van der Waals surface area contributed by atoms with Gasteiger partial charge in [0.15, 0.2) is 0 Å². The number of nitrogens with two attached hydrogens (primary N) is 1. The normalized spacial score (nSPS) is 10.5. The van der Waals surface area contributed by atoms with E-state index in [0.29, 0.717) is 0 Å². The van der Waals surface area contributed by atoms with Crippen molar-refractivity contribution in [2.24, 2.45) is 5.73 Å². The molecule has 0 radical (unpaired) electrons. The Balaban J connectivity index is 3.22. The van der Waals surface area contributed by atoms with Gasteiger partial charge in [-0.05, 0) is 12.1 Å². The summed E-state index contributed by atoms with van der Waals surface area (Å²) >= 11 is 11.2. The molecule has 1 amide bonds. The van der Waals surface area contributed by atoms with Crippen molar-refractivity contribution in [3.63, 3.8) is 0 Å². The number of amides is 1. The monoisotopic (exact) mass is 255 g/mol. The SMILES string of the molecule is NC(=O)c1c(Cl)ccc(OC(F)F)c1Cl. The average molecular weight is 256 g/mol. The van der Waals surface area contributed by atoms with Crippen LogP contribution in [0.15, 0.2) is 12.1 Å². The van der Waals surface area contributed by atoms with Gasteiger partial charge in [0.2, 0.25) is 0 Å². The van der Waals surface area contributed by atoms with E-state index in [9.17, 15) is 13.6 Å². The summed E-state index contributed by atoms with van der Waals surface area (Å²) in [5, 5.41) is -0.343. The molecule has 1 rings (SSSR count). The largest absolute Gasteiger partial charge is 0.433 e. The minimum Gasteiger partial charge on any atom is -0.433 e. The van der Waals surface area contributed by atoms with Crippen LogP contribution in [-0.4, -0.2) is 12.5 Å². The van der Waals surface area contributed by atoms with Crippen molar-refractivity contribution in [2.75, 3.05) is 0 Å². The lowest BCUT2D eigenvalue weighted by Gasteiger charge is -2.09. The van der Waals surface area contributed by atoms with Gasteiger partial charge < -0.3 is 10.5 Å². The second-order valence-corrected chi connectivity index (χ2v) is 3.26. The average Bonchev–Trinajstić information content (AvgIpc) is 2.09. The van der Waals surface area contributed by atoms with Crippen molar-refractivity contribution in [1.82, 2.24) is 0 Å². The molecule has 0 fully saturated rings. The maximum Gasteiger partial charge on any atom is 0.387 e. The molecule has 7 heteroatoms. The minimum atomic E-state index is -3.04. The number of carbonyl (C=O) groups excluding carboxylic acids is 1. The van der Waals surface area contributed by atoms with Crippen LogP contribution in [0, 0.1) is 0 Å². The molecule has 82 valence electrons. The lowest BCUT2D eigenvalue weighted by atomic mass is 10.2. The van der Waals surface area contributed by atoms with E-state index in [1.54, 1.807) is 0 Å². The predicted molar refractivity (Wildman–Crippen MR) is 51.6 cm³/mol. The molecule has 0 aliphatic carbocycles. The summed E-state index contributed by atoms with van der Waals surface area (Å²) in [7, 11) is 0. The van der Waals surface area contributed by atoms with E-state index < -0.39 is 12.5 Å². The maximum atomic E-state index is 11.9. The highest BCUT2D eigenvalue weighted by Crippen LogP contribution is 2.33. The smallest absolute Gasteiger partial charge is 0.387 e. The molecule has 0 spiro atoms. The molecule has 3 nitrogen and oxygen atoms in total. The molecule has 0 aromatic heterocycles. The number of hydrogen-bond donors (Lipinski definition) is 1. The Morgan fingerprint density at radius 2 is 2.00 bits per heavy atom. The fourth-order valence-corrected chi connectivity index (χ4v) is 1.55. The first-order chi connectivity index (χ1) is 6.93. The van der Waals surface area contributed by atoms with Gasteiger partial charge in [-0.3, -0.25) is 4.79 Å². The molecule has 0 saturated heterocycles. The number of hydrogen-bond acceptors (Lipinski definition) is 2. The van der Waals surface area contributed by atoms with E-state index in [-0.39, 0.29) is 21.4 Å². The molecule has 0 atom stereocenters. The van der Waals surface area contributed by atoms with Crippen LogP contribution in [0.1, 0.15) is 10.4 Å². The standard InChI is InChI=1S/C8H5Cl2F2NO2/c9-3-1-2-4(15-8(11)12)6(10)5(3)7(13)14/h1-2,8H,(H2,13,14). The molecule has 0 heterocycles. The first kappa shape index (κ1) is 12.0. The van der Waals surface area contributed by atoms with Crippen LogP contribution in [0.5, 0.6) is 5.75 Å². The Kier molecular flexibility index (Phi) is 3.71. The number of carbonyl (C=O) groups is 1. The highest BCUT2D eigenvalue weighted by atomic mass is 35.5. The van der Waals surface area contributed by atoms with Crippen LogP contribution in [0.3, 0.4) is 0 Å². The van der Waals surface area contributed by atoms with Gasteiger partial charge in [-0.1, -0.05) is 23.2 Å². The summed E-state index contributed by atoms with van der Waals surface area (Å²) in [5.41, 5.74) is 4.72. The number of primary amides is 1. The zero-order valence-corrected chi connectivity index (χ0v) is 8.65. The molecule has 0 unspecified atom stereocenters. The van der Waals surface area contributed by atoms with Crippen molar-refractivity contribution in [1.29, 1.82) is 0 Å². The van der Waals surface area contributed by atoms with E-state index in [1.165, 1.54) is 6.07 Å². The van der Waals surface area contributed by atoms with E-state index in [4.69, 9.17) is 28.9 Å². The highest BCUT2D eigenvalue weighted by Gasteiger charge is 2.18. The number of rotatable bonds is 3. The summed E-state index contributed by atoms with van der Waals surface area (Å²) in [6.07, 6.45) is 0. The van der Waals surface area contributed by atoms with Crippen LogP contribution < -0.4 is 10.5 Å². The zero-order valence-electron chi connectivity index (χ0n) is 7.14. The van der Waals surface area contributed by atoms with Gasteiger partial charge in [-0.15, -0.1) is 0 Å².